The Bertz CT molecular complexity index is 593. The first-order valence-corrected chi connectivity index (χ1v) is 7.40. The van der Waals surface area contributed by atoms with Crippen LogP contribution in [0.5, 0.6) is 5.75 Å². The molecule has 1 heterocycles. The highest BCUT2D eigenvalue weighted by molar-refractivity contribution is 5.37. The topological polar surface area (TPSA) is 30.5 Å². The van der Waals surface area contributed by atoms with Crippen molar-refractivity contribution in [2.24, 2.45) is 0 Å². The van der Waals surface area contributed by atoms with Crippen molar-refractivity contribution in [1.82, 2.24) is 5.32 Å². The molecule has 0 spiro atoms. The van der Waals surface area contributed by atoms with Gasteiger partial charge in [-0.05, 0) is 30.2 Å². The van der Waals surface area contributed by atoms with E-state index < -0.39 is 0 Å². The lowest BCUT2D eigenvalue weighted by Gasteiger charge is -2.10. The summed E-state index contributed by atoms with van der Waals surface area (Å²) in [5, 5.41) is 3.35. The molecule has 2 aromatic carbocycles. The highest BCUT2D eigenvalue weighted by Gasteiger charge is 2.08. The lowest BCUT2D eigenvalue weighted by molar-refractivity contribution is 0.107. The van der Waals surface area contributed by atoms with Gasteiger partial charge in [0.1, 0.15) is 12.4 Å². The molecule has 0 atom stereocenters. The fourth-order valence-electron chi connectivity index (χ4n) is 2.43. The zero-order chi connectivity index (χ0) is 14.5. The highest BCUT2D eigenvalue weighted by Crippen LogP contribution is 2.22. The minimum Gasteiger partial charge on any atom is -0.492 e. The van der Waals surface area contributed by atoms with Crippen molar-refractivity contribution in [2.45, 2.75) is 26.7 Å². The van der Waals surface area contributed by atoms with E-state index in [0.717, 1.165) is 25.4 Å². The maximum atomic E-state index is 5.81. The fourth-order valence-corrected chi connectivity index (χ4v) is 2.43. The molecule has 0 saturated carbocycles. The molecule has 1 aliphatic heterocycles. The minimum absolute atomic E-state index is 0.626. The Morgan fingerprint density at radius 2 is 1.81 bits per heavy atom. The van der Waals surface area contributed by atoms with Crippen molar-refractivity contribution in [3.05, 3.63) is 64.7 Å². The summed E-state index contributed by atoms with van der Waals surface area (Å²) >= 11 is 0. The van der Waals surface area contributed by atoms with E-state index in [4.69, 9.17) is 9.47 Å². The number of fused-ring (bicyclic) bond motifs is 1. The van der Waals surface area contributed by atoms with Crippen molar-refractivity contribution in [1.29, 1.82) is 0 Å². The quantitative estimate of drug-likeness (QED) is 0.934. The van der Waals surface area contributed by atoms with E-state index in [2.05, 4.69) is 48.6 Å². The van der Waals surface area contributed by atoms with Crippen LogP contribution in [0.2, 0.25) is 0 Å². The summed E-state index contributed by atoms with van der Waals surface area (Å²) in [5.74, 6) is 0.988. The molecule has 3 nitrogen and oxygen atoms in total. The molecule has 1 N–H and O–H groups in total. The molecule has 1 aliphatic rings. The predicted molar refractivity (Wildman–Crippen MR) is 83.3 cm³/mol. The van der Waals surface area contributed by atoms with E-state index in [1.54, 1.807) is 0 Å². The molecule has 0 saturated heterocycles. The zero-order valence-corrected chi connectivity index (χ0v) is 12.4. The van der Waals surface area contributed by atoms with Crippen LogP contribution < -0.4 is 10.1 Å². The summed E-state index contributed by atoms with van der Waals surface area (Å²) in [6, 6.07) is 14.8. The first-order chi connectivity index (χ1) is 10.3. The molecular weight excluding hydrogens is 262 g/mol. The van der Waals surface area contributed by atoms with E-state index in [0.29, 0.717) is 13.2 Å². The van der Waals surface area contributed by atoms with E-state index in [1.165, 1.54) is 22.3 Å². The van der Waals surface area contributed by atoms with Gasteiger partial charge in [0.05, 0.1) is 13.2 Å². The van der Waals surface area contributed by atoms with Crippen molar-refractivity contribution in [3.8, 4) is 5.75 Å². The van der Waals surface area contributed by atoms with Gasteiger partial charge in [-0.2, -0.15) is 0 Å². The van der Waals surface area contributed by atoms with Crippen molar-refractivity contribution < 1.29 is 9.47 Å². The summed E-state index contributed by atoms with van der Waals surface area (Å²) in [4.78, 5) is 0. The summed E-state index contributed by atoms with van der Waals surface area (Å²) in [6.07, 6.45) is 0. The Balaban J connectivity index is 1.58. The molecule has 0 fully saturated rings. The fraction of sp³-hybridized carbons (Fsp3) is 0.333. The van der Waals surface area contributed by atoms with Gasteiger partial charge < -0.3 is 14.8 Å². The summed E-state index contributed by atoms with van der Waals surface area (Å²) < 4.78 is 11.5. The third kappa shape index (κ3) is 3.84. The lowest BCUT2D eigenvalue weighted by atomic mass is 10.1. The number of nitrogens with one attached hydrogen (secondary N) is 1. The van der Waals surface area contributed by atoms with E-state index >= 15 is 0 Å². The second-order valence-electron chi connectivity index (χ2n) is 5.45. The monoisotopic (exact) mass is 283 g/mol. The Kier molecular flexibility index (Phi) is 4.53. The number of hydrogen-bond donors (Lipinski definition) is 1. The number of benzene rings is 2. The minimum atomic E-state index is 0.626. The van der Waals surface area contributed by atoms with Gasteiger partial charge in [0, 0.05) is 18.7 Å². The molecule has 0 unspecified atom stereocenters. The second kappa shape index (κ2) is 6.74. The molecule has 0 amide bonds. The first kappa shape index (κ1) is 14.1. The Labute approximate surface area is 125 Å². The van der Waals surface area contributed by atoms with Crippen LogP contribution in [-0.2, 0) is 24.5 Å². The summed E-state index contributed by atoms with van der Waals surface area (Å²) in [6.45, 7) is 5.86. The van der Waals surface area contributed by atoms with Crippen molar-refractivity contribution in [3.63, 3.8) is 0 Å². The number of ether oxygens (including phenoxy) is 2. The maximum Gasteiger partial charge on any atom is 0.123 e. The predicted octanol–water partition coefficient (Wildman–Crippen LogP) is 3.19. The van der Waals surface area contributed by atoms with Crippen molar-refractivity contribution >= 4 is 0 Å². The molecule has 2 aromatic rings. The SMILES string of the molecule is Cc1ccc(COCc2ccc3c(c2)CNCCO3)cc1. The van der Waals surface area contributed by atoms with Crippen LogP contribution in [0.25, 0.3) is 0 Å². The second-order valence-corrected chi connectivity index (χ2v) is 5.45. The average Bonchev–Trinajstić information content (AvgIpc) is 2.74. The molecule has 3 rings (SSSR count). The molecule has 110 valence electrons. The van der Waals surface area contributed by atoms with Gasteiger partial charge in [-0.15, -0.1) is 0 Å². The number of aryl methyl sites for hydroxylation is 1. The van der Waals surface area contributed by atoms with Gasteiger partial charge in [-0.3, -0.25) is 0 Å². The Morgan fingerprint density at radius 3 is 2.67 bits per heavy atom. The molecule has 21 heavy (non-hydrogen) atoms. The Morgan fingerprint density at radius 1 is 1.05 bits per heavy atom. The van der Waals surface area contributed by atoms with Crippen LogP contribution in [0.3, 0.4) is 0 Å². The summed E-state index contributed by atoms with van der Waals surface area (Å²) in [7, 11) is 0. The van der Waals surface area contributed by atoms with Crippen molar-refractivity contribution in [2.75, 3.05) is 13.2 Å². The van der Waals surface area contributed by atoms with Gasteiger partial charge in [-0.25, -0.2) is 0 Å². The molecule has 3 heteroatoms. The van der Waals surface area contributed by atoms with Gasteiger partial charge in [0.15, 0.2) is 0 Å². The van der Waals surface area contributed by atoms with Crippen LogP contribution in [0, 0.1) is 6.92 Å². The molecular formula is C18H21NO2. The van der Waals surface area contributed by atoms with Crippen LogP contribution >= 0.6 is 0 Å². The maximum absolute atomic E-state index is 5.81. The molecule has 0 aromatic heterocycles. The van der Waals surface area contributed by atoms with E-state index in [-0.39, 0.29) is 0 Å². The summed E-state index contributed by atoms with van der Waals surface area (Å²) in [5.41, 5.74) is 4.88. The first-order valence-electron chi connectivity index (χ1n) is 7.40. The van der Waals surface area contributed by atoms with Crippen LogP contribution in [0.4, 0.5) is 0 Å². The van der Waals surface area contributed by atoms with Gasteiger partial charge >= 0.3 is 0 Å². The molecule has 0 aliphatic carbocycles. The highest BCUT2D eigenvalue weighted by atomic mass is 16.5. The van der Waals surface area contributed by atoms with Gasteiger partial charge in [0.25, 0.3) is 0 Å². The average molecular weight is 283 g/mol. The van der Waals surface area contributed by atoms with Gasteiger partial charge in [-0.1, -0.05) is 35.9 Å². The van der Waals surface area contributed by atoms with Crippen LogP contribution in [-0.4, -0.2) is 13.2 Å². The Hall–Kier alpha value is -1.84. The normalized spacial score (nSPS) is 14.1. The van der Waals surface area contributed by atoms with Gasteiger partial charge in [0.2, 0.25) is 0 Å². The third-order valence-electron chi connectivity index (χ3n) is 3.63. The molecule has 0 bridgehead atoms. The van der Waals surface area contributed by atoms with Crippen LogP contribution in [0.15, 0.2) is 42.5 Å². The zero-order valence-electron chi connectivity index (χ0n) is 12.4. The van der Waals surface area contributed by atoms with Crippen LogP contribution in [0.1, 0.15) is 22.3 Å². The number of rotatable bonds is 4. The number of hydrogen-bond acceptors (Lipinski definition) is 3. The van der Waals surface area contributed by atoms with E-state index in [1.807, 2.05) is 6.07 Å². The smallest absolute Gasteiger partial charge is 0.123 e. The largest absolute Gasteiger partial charge is 0.492 e. The third-order valence-corrected chi connectivity index (χ3v) is 3.63. The molecule has 0 radical (unpaired) electrons. The standard InChI is InChI=1S/C18H21NO2/c1-14-2-4-15(5-3-14)12-20-13-16-6-7-18-17(10-16)11-19-8-9-21-18/h2-7,10,19H,8-9,11-13H2,1H3. The van der Waals surface area contributed by atoms with E-state index in [9.17, 15) is 0 Å². The lowest BCUT2D eigenvalue weighted by Crippen LogP contribution is -2.16.